The van der Waals surface area contributed by atoms with Gasteiger partial charge in [-0.1, -0.05) is 29.3 Å². The Kier molecular flexibility index (Phi) is 7.72. The molecule has 1 aromatic heterocycles. The number of nitrogens with zero attached hydrogens (tertiary/aromatic N) is 2. The van der Waals surface area contributed by atoms with Gasteiger partial charge in [0.1, 0.15) is 11.2 Å². The zero-order chi connectivity index (χ0) is 27.7. The molecule has 3 aromatic rings. The normalized spacial score (nSPS) is 17.9. The monoisotopic (exact) mass is 577 g/mol. The summed E-state index contributed by atoms with van der Waals surface area (Å²) in [5.41, 5.74) is -2.47. The van der Waals surface area contributed by atoms with Crippen molar-refractivity contribution in [2.24, 2.45) is 0 Å². The molecule has 2 aromatic carbocycles. The first-order chi connectivity index (χ1) is 17.8. The van der Waals surface area contributed by atoms with E-state index in [1.165, 1.54) is 35.4 Å². The molecule has 38 heavy (non-hydrogen) atoms. The number of ether oxygens (including phenoxy) is 1. The molecule has 1 N–H and O–H groups in total. The molecule has 1 amide bonds. The van der Waals surface area contributed by atoms with Gasteiger partial charge in [-0.25, -0.2) is 0 Å². The fraction of sp³-hybridized carbons (Fsp3) is 0.280. The molecule has 0 spiro atoms. The molecular formula is C25H19Cl2F6N3O2. The van der Waals surface area contributed by atoms with E-state index in [4.69, 9.17) is 23.2 Å². The van der Waals surface area contributed by atoms with Crippen molar-refractivity contribution in [1.29, 1.82) is 0 Å². The minimum absolute atomic E-state index is 0.0183. The lowest BCUT2D eigenvalue weighted by atomic mass is 9.79. The zero-order valence-corrected chi connectivity index (χ0v) is 20.8. The number of carbonyl (C=O) groups is 1. The summed E-state index contributed by atoms with van der Waals surface area (Å²) in [4.78, 5) is 18.0. The van der Waals surface area contributed by atoms with Crippen LogP contribution in [0.4, 0.5) is 32.0 Å². The van der Waals surface area contributed by atoms with E-state index in [1.807, 2.05) is 0 Å². The number of pyridine rings is 1. The molecule has 0 bridgehead atoms. The summed E-state index contributed by atoms with van der Waals surface area (Å²) < 4.78 is 86.8. The summed E-state index contributed by atoms with van der Waals surface area (Å²) in [5, 5.41) is 2.51. The average Bonchev–Trinajstić information content (AvgIpc) is 3.29. The van der Waals surface area contributed by atoms with E-state index in [0.717, 1.165) is 12.1 Å². The van der Waals surface area contributed by atoms with Gasteiger partial charge in [-0.2, -0.15) is 13.2 Å². The van der Waals surface area contributed by atoms with Crippen LogP contribution in [0.25, 0.3) is 0 Å². The van der Waals surface area contributed by atoms with Gasteiger partial charge < -0.3 is 15.0 Å². The van der Waals surface area contributed by atoms with Gasteiger partial charge in [0.05, 0.1) is 17.8 Å². The molecule has 0 aliphatic carbocycles. The number of nitrogens with one attached hydrogen (secondary N) is 1. The lowest BCUT2D eigenvalue weighted by molar-refractivity contribution is -0.274. The molecule has 4 rings (SSSR count). The Morgan fingerprint density at radius 1 is 1.03 bits per heavy atom. The topological polar surface area (TPSA) is 54.5 Å². The van der Waals surface area contributed by atoms with Crippen LogP contribution in [0.1, 0.15) is 28.0 Å². The van der Waals surface area contributed by atoms with E-state index in [1.54, 1.807) is 18.2 Å². The Morgan fingerprint density at radius 2 is 1.74 bits per heavy atom. The van der Waals surface area contributed by atoms with E-state index in [2.05, 4.69) is 15.0 Å². The lowest BCUT2D eigenvalue weighted by Gasteiger charge is -2.33. The van der Waals surface area contributed by atoms with Gasteiger partial charge in [-0.15, -0.1) is 13.2 Å². The highest BCUT2D eigenvalue weighted by Crippen LogP contribution is 2.50. The summed E-state index contributed by atoms with van der Waals surface area (Å²) in [6.07, 6.45) is -8.77. The summed E-state index contributed by atoms with van der Waals surface area (Å²) >= 11 is 11.9. The van der Waals surface area contributed by atoms with E-state index in [0.29, 0.717) is 5.69 Å². The predicted molar refractivity (Wildman–Crippen MR) is 130 cm³/mol. The first-order valence-corrected chi connectivity index (χ1v) is 11.9. The second kappa shape index (κ2) is 10.5. The molecule has 1 aliphatic rings. The van der Waals surface area contributed by atoms with Crippen molar-refractivity contribution in [3.8, 4) is 5.75 Å². The van der Waals surface area contributed by atoms with Crippen LogP contribution >= 0.6 is 23.2 Å². The minimum Gasteiger partial charge on any atom is -0.405 e. The zero-order valence-electron chi connectivity index (χ0n) is 19.3. The van der Waals surface area contributed by atoms with Gasteiger partial charge in [0, 0.05) is 41.1 Å². The van der Waals surface area contributed by atoms with Crippen LogP contribution < -0.4 is 15.0 Å². The van der Waals surface area contributed by atoms with E-state index < -0.39 is 48.1 Å². The fourth-order valence-electron chi connectivity index (χ4n) is 4.36. The molecule has 1 atom stereocenters. The SMILES string of the molecule is O=C(NCc1ccccn1)c1ccc(N2CCC(c3cc(Cl)cc(Cl)c3)(C(F)(F)F)C2)cc1OC(F)(F)F. The molecule has 0 saturated carbocycles. The third-order valence-electron chi connectivity index (χ3n) is 6.18. The number of carbonyl (C=O) groups excluding carboxylic acids is 1. The Bertz CT molecular complexity index is 1300. The van der Waals surface area contributed by atoms with Crippen LogP contribution in [0.15, 0.2) is 60.8 Å². The number of anilines is 1. The highest BCUT2D eigenvalue weighted by molar-refractivity contribution is 6.34. The number of alkyl halides is 6. The van der Waals surface area contributed by atoms with E-state index in [9.17, 15) is 31.1 Å². The minimum atomic E-state index is -5.15. The second-order valence-electron chi connectivity index (χ2n) is 8.64. The van der Waals surface area contributed by atoms with Gasteiger partial charge in [-0.05, 0) is 54.4 Å². The maximum absolute atomic E-state index is 14.4. The summed E-state index contributed by atoms with van der Waals surface area (Å²) in [7, 11) is 0. The molecular weight excluding hydrogens is 559 g/mol. The van der Waals surface area contributed by atoms with E-state index >= 15 is 0 Å². The van der Waals surface area contributed by atoms with Crippen molar-refractivity contribution >= 4 is 34.8 Å². The number of benzene rings is 2. The van der Waals surface area contributed by atoms with Crippen LogP contribution in [-0.2, 0) is 12.0 Å². The highest BCUT2D eigenvalue weighted by Gasteiger charge is 2.59. The number of hydrogen-bond acceptors (Lipinski definition) is 4. The number of rotatable bonds is 6. The molecule has 2 heterocycles. The van der Waals surface area contributed by atoms with Crippen molar-refractivity contribution in [2.75, 3.05) is 18.0 Å². The molecule has 5 nitrogen and oxygen atoms in total. The molecule has 13 heteroatoms. The fourth-order valence-corrected chi connectivity index (χ4v) is 4.89. The summed E-state index contributed by atoms with van der Waals surface area (Å²) in [5.74, 6) is -1.72. The molecule has 0 radical (unpaired) electrons. The smallest absolute Gasteiger partial charge is 0.405 e. The summed E-state index contributed by atoms with van der Waals surface area (Å²) in [6, 6.07) is 11.9. The van der Waals surface area contributed by atoms with Gasteiger partial charge in [0.25, 0.3) is 5.91 Å². The number of hydrogen-bond donors (Lipinski definition) is 1. The quantitative estimate of drug-likeness (QED) is 0.323. The third-order valence-corrected chi connectivity index (χ3v) is 6.62. The first kappa shape index (κ1) is 27.8. The number of amides is 1. The average molecular weight is 578 g/mol. The largest absolute Gasteiger partial charge is 0.573 e. The van der Waals surface area contributed by atoms with Crippen LogP contribution in [0, 0.1) is 0 Å². The molecule has 202 valence electrons. The van der Waals surface area contributed by atoms with Crippen LogP contribution in [-0.4, -0.2) is 36.5 Å². The van der Waals surface area contributed by atoms with Crippen molar-refractivity contribution < 1.29 is 35.9 Å². The van der Waals surface area contributed by atoms with E-state index in [-0.39, 0.29) is 34.4 Å². The second-order valence-corrected chi connectivity index (χ2v) is 9.51. The Balaban J connectivity index is 1.64. The Morgan fingerprint density at radius 3 is 2.34 bits per heavy atom. The highest BCUT2D eigenvalue weighted by atomic mass is 35.5. The van der Waals surface area contributed by atoms with Crippen molar-refractivity contribution in [3.63, 3.8) is 0 Å². The first-order valence-electron chi connectivity index (χ1n) is 11.1. The third kappa shape index (κ3) is 6.10. The van der Waals surface area contributed by atoms with Crippen molar-refractivity contribution in [3.05, 3.63) is 87.7 Å². The summed E-state index contributed by atoms with van der Waals surface area (Å²) in [6.45, 7) is -0.806. The van der Waals surface area contributed by atoms with Crippen LogP contribution in [0.5, 0.6) is 5.75 Å². The Hall–Kier alpha value is -3.18. The maximum atomic E-state index is 14.4. The van der Waals surface area contributed by atoms with Gasteiger partial charge >= 0.3 is 12.5 Å². The maximum Gasteiger partial charge on any atom is 0.573 e. The van der Waals surface area contributed by atoms with Crippen LogP contribution in [0.3, 0.4) is 0 Å². The molecule has 1 saturated heterocycles. The number of halogens is 8. The lowest BCUT2D eigenvalue weighted by Crippen LogP contribution is -2.44. The van der Waals surface area contributed by atoms with Crippen molar-refractivity contribution in [2.45, 2.75) is 30.9 Å². The van der Waals surface area contributed by atoms with Gasteiger partial charge in [0.15, 0.2) is 0 Å². The Labute approximate surface area is 223 Å². The predicted octanol–water partition coefficient (Wildman–Crippen LogP) is 6.93. The number of aromatic nitrogens is 1. The molecule has 1 aliphatic heterocycles. The molecule has 1 unspecified atom stereocenters. The molecule has 1 fully saturated rings. The van der Waals surface area contributed by atoms with Crippen LogP contribution in [0.2, 0.25) is 10.0 Å². The van der Waals surface area contributed by atoms with Crippen molar-refractivity contribution in [1.82, 2.24) is 10.3 Å². The van der Waals surface area contributed by atoms with Gasteiger partial charge in [-0.3, -0.25) is 9.78 Å². The van der Waals surface area contributed by atoms with Gasteiger partial charge in [0.2, 0.25) is 0 Å². The standard InChI is InChI=1S/C25H19Cl2F6N3O2/c26-16-9-15(10-17(27)11-16)23(24(28,29)30)6-8-36(14-23)19-4-5-20(21(12-19)38-25(31,32)33)22(37)35-13-18-3-1-2-7-34-18/h1-5,7,9-12H,6,8,13-14H2,(H,35,37).